The van der Waals surface area contributed by atoms with Gasteiger partial charge in [0.1, 0.15) is 17.7 Å². The molecule has 3 heterocycles. The highest BCUT2D eigenvalue weighted by atomic mass is 16.3. The minimum Gasteiger partial charge on any atom is -0.454 e. The van der Waals surface area contributed by atoms with Crippen molar-refractivity contribution in [3.05, 3.63) is 29.7 Å². The molecule has 0 aliphatic heterocycles. The Kier molecular flexibility index (Phi) is 5.48. The monoisotopic (exact) mass is 439 g/mol. The molecule has 2 saturated carbocycles. The summed E-state index contributed by atoms with van der Waals surface area (Å²) in [6.45, 7) is 4.47. The number of pyridine rings is 1. The number of hydrogen-bond acceptors (Lipinski definition) is 9. The zero-order chi connectivity index (χ0) is 22.4. The number of aromatic nitrogens is 3. The Labute approximate surface area is 185 Å². The number of hydrogen-bond donors (Lipinski definition) is 5. The molecule has 2 fully saturated rings. The van der Waals surface area contributed by atoms with E-state index in [0.29, 0.717) is 41.0 Å². The fraction of sp³-hybridized carbons (Fsp3) is 0.522. The molecule has 3 aromatic heterocycles. The second-order valence-corrected chi connectivity index (χ2v) is 9.07. The Morgan fingerprint density at radius 2 is 1.94 bits per heavy atom. The van der Waals surface area contributed by atoms with E-state index in [0.717, 1.165) is 23.3 Å². The van der Waals surface area contributed by atoms with Gasteiger partial charge >= 0.3 is 0 Å². The van der Waals surface area contributed by atoms with E-state index in [2.05, 4.69) is 20.6 Å². The molecule has 0 radical (unpaired) electrons. The van der Waals surface area contributed by atoms with E-state index < -0.39 is 18.2 Å². The smallest absolute Gasteiger partial charge is 0.224 e. The molecule has 0 unspecified atom stereocenters. The van der Waals surface area contributed by atoms with Gasteiger partial charge in [0, 0.05) is 30.1 Å². The van der Waals surface area contributed by atoms with Crippen LogP contribution < -0.4 is 10.6 Å². The van der Waals surface area contributed by atoms with Crippen molar-refractivity contribution in [1.29, 1.82) is 0 Å². The predicted octanol–water partition coefficient (Wildman–Crippen LogP) is 2.24. The summed E-state index contributed by atoms with van der Waals surface area (Å²) in [4.78, 5) is 13.7. The summed E-state index contributed by atoms with van der Waals surface area (Å²) in [5.41, 5.74) is 3.00. The summed E-state index contributed by atoms with van der Waals surface area (Å²) in [6, 6.07) is 3.44. The summed E-state index contributed by atoms with van der Waals surface area (Å²) in [7, 11) is 0. The average molecular weight is 440 g/mol. The van der Waals surface area contributed by atoms with Crippen LogP contribution in [0.4, 0.5) is 11.8 Å². The lowest BCUT2D eigenvalue weighted by Crippen LogP contribution is -2.35. The van der Waals surface area contributed by atoms with Crippen LogP contribution in [0.1, 0.15) is 30.7 Å². The van der Waals surface area contributed by atoms with Crippen molar-refractivity contribution in [2.24, 2.45) is 11.8 Å². The van der Waals surface area contributed by atoms with Gasteiger partial charge in [0.25, 0.3) is 0 Å². The first-order valence-electron chi connectivity index (χ1n) is 11.2. The molecule has 0 aromatic carbocycles. The molecular weight excluding hydrogens is 410 g/mol. The third-order valence-corrected chi connectivity index (χ3v) is 6.48. The molecular formula is C23H29N5O4. The van der Waals surface area contributed by atoms with Crippen molar-refractivity contribution in [2.75, 3.05) is 23.8 Å². The van der Waals surface area contributed by atoms with Gasteiger partial charge in [0.15, 0.2) is 5.58 Å². The van der Waals surface area contributed by atoms with Crippen molar-refractivity contribution in [3.63, 3.8) is 0 Å². The van der Waals surface area contributed by atoms with Crippen molar-refractivity contribution < 1.29 is 19.7 Å². The largest absolute Gasteiger partial charge is 0.454 e. The molecule has 0 saturated heterocycles. The van der Waals surface area contributed by atoms with Crippen LogP contribution in [-0.2, 0) is 0 Å². The van der Waals surface area contributed by atoms with Crippen LogP contribution in [0.2, 0.25) is 0 Å². The highest BCUT2D eigenvalue weighted by Crippen LogP contribution is 2.37. The molecule has 9 heteroatoms. The number of furan rings is 1. The first kappa shape index (κ1) is 21.1. The maximum Gasteiger partial charge on any atom is 0.224 e. The third kappa shape index (κ3) is 4.03. The van der Waals surface area contributed by atoms with Crippen molar-refractivity contribution in [2.45, 2.75) is 51.4 Å². The van der Waals surface area contributed by atoms with E-state index in [1.165, 1.54) is 12.8 Å². The van der Waals surface area contributed by atoms with Gasteiger partial charge in [-0.05, 0) is 51.2 Å². The first-order valence-corrected chi connectivity index (χ1v) is 11.2. The van der Waals surface area contributed by atoms with Gasteiger partial charge in [-0.1, -0.05) is 0 Å². The van der Waals surface area contributed by atoms with E-state index in [1.807, 2.05) is 26.0 Å². The SMILES string of the molecule is Cc1cc2cc(-c3c(C)nc(NCC4CC4)nc3N[C@@H]3C[C@H](CO)[C@@H](O)[C@H]3O)oc2cn1. The van der Waals surface area contributed by atoms with Gasteiger partial charge in [-0.2, -0.15) is 4.98 Å². The molecule has 0 bridgehead atoms. The van der Waals surface area contributed by atoms with Gasteiger partial charge in [-0.15, -0.1) is 0 Å². The van der Waals surface area contributed by atoms with E-state index in [4.69, 9.17) is 9.40 Å². The molecule has 0 spiro atoms. The third-order valence-electron chi connectivity index (χ3n) is 6.48. The van der Waals surface area contributed by atoms with Crippen molar-refractivity contribution >= 4 is 22.7 Å². The number of anilines is 2. The lowest BCUT2D eigenvalue weighted by Gasteiger charge is -2.21. The quantitative estimate of drug-likeness (QED) is 0.375. The topological polar surface area (TPSA) is 137 Å². The Bertz CT molecular complexity index is 1130. The lowest BCUT2D eigenvalue weighted by atomic mass is 10.1. The highest BCUT2D eigenvalue weighted by molar-refractivity contribution is 5.86. The van der Waals surface area contributed by atoms with Crippen LogP contribution in [0.15, 0.2) is 22.7 Å². The van der Waals surface area contributed by atoms with Crippen LogP contribution >= 0.6 is 0 Å². The summed E-state index contributed by atoms with van der Waals surface area (Å²) in [6.07, 6.45) is 2.56. The molecule has 2 aliphatic rings. The van der Waals surface area contributed by atoms with E-state index in [1.54, 1.807) is 6.20 Å². The summed E-state index contributed by atoms with van der Waals surface area (Å²) < 4.78 is 6.08. The minimum atomic E-state index is -1.01. The van der Waals surface area contributed by atoms with Crippen LogP contribution in [-0.4, -0.2) is 61.7 Å². The van der Waals surface area contributed by atoms with Gasteiger partial charge in [0.05, 0.1) is 29.6 Å². The van der Waals surface area contributed by atoms with Crippen LogP contribution in [0, 0.1) is 25.7 Å². The van der Waals surface area contributed by atoms with Gasteiger partial charge < -0.3 is 30.4 Å². The Hall–Kier alpha value is -2.75. The molecule has 5 N–H and O–H groups in total. The molecule has 32 heavy (non-hydrogen) atoms. The second kappa shape index (κ2) is 8.31. The number of aliphatic hydroxyl groups is 3. The Morgan fingerprint density at radius 1 is 1.12 bits per heavy atom. The lowest BCUT2D eigenvalue weighted by molar-refractivity contribution is 0.00446. The molecule has 2 aliphatic carbocycles. The average Bonchev–Trinajstić information content (AvgIpc) is 3.45. The number of nitrogens with one attached hydrogen (secondary N) is 2. The number of aryl methyl sites for hydroxylation is 2. The molecule has 3 aromatic rings. The van der Waals surface area contributed by atoms with E-state index in [-0.39, 0.29) is 12.5 Å². The number of fused-ring (bicyclic) bond motifs is 1. The van der Waals surface area contributed by atoms with Crippen LogP contribution in [0.25, 0.3) is 22.3 Å². The van der Waals surface area contributed by atoms with Crippen molar-refractivity contribution in [1.82, 2.24) is 15.0 Å². The maximum atomic E-state index is 10.5. The second-order valence-electron chi connectivity index (χ2n) is 9.07. The summed E-state index contributed by atoms with van der Waals surface area (Å²) in [5, 5.41) is 37.9. The van der Waals surface area contributed by atoms with E-state index >= 15 is 0 Å². The fourth-order valence-corrected chi connectivity index (χ4v) is 4.41. The molecule has 9 nitrogen and oxygen atoms in total. The number of aliphatic hydroxyl groups excluding tert-OH is 3. The highest BCUT2D eigenvalue weighted by Gasteiger charge is 2.41. The van der Waals surface area contributed by atoms with E-state index in [9.17, 15) is 15.3 Å². The fourth-order valence-electron chi connectivity index (χ4n) is 4.41. The predicted molar refractivity (Wildman–Crippen MR) is 120 cm³/mol. The van der Waals surface area contributed by atoms with Crippen LogP contribution in [0.5, 0.6) is 0 Å². The zero-order valence-electron chi connectivity index (χ0n) is 18.2. The Balaban J connectivity index is 1.53. The molecule has 170 valence electrons. The Morgan fingerprint density at radius 3 is 2.66 bits per heavy atom. The molecule has 5 rings (SSSR count). The number of rotatable bonds is 7. The minimum absolute atomic E-state index is 0.184. The zero-order valence-corrected chi connectivity index (χ0v) is 18.2. The molecule has 4 atom stereocenters. The first-order chi connectivity index (χ1) is 15.4. The molecule has 0 amide bonds. The van der Waals surface area contributed by atoms with Gasteiger partial charge in [-0.25, -0.2) is 4.98 Å². The summed E-state index contributed by atoms with van der Waals surface area (Å²) >= 11 is 0. The maximum absolute atomic E-state index is 10.5. The normalized spacial score (nSPS) is 25.4. The number of nitrogens with zero attached hydrogens (tertiary/aromatic N) is 3. The van der Waals surface area contributed by atoms with Crippen molar-refractivity contribution in [3.8, 4) is 11.3 Å². The van der Waals surface area contributed by atoms with Gasteiger partial charge in [0.2, 0.25) is 5.95 Å². The standard InChI is InChI=1S/C23H29N5O4/c1-11-5-14-7-17(32-18(14)9-24-11)19-12(2)26-23(25-8-13-3-4-13)28-22(19)27-16-6-15(10-29)20(30)21(16)31/h5,7,9,13,15-16,20-21,29-31H,3-4,6,8,10H2,1-2H3,(H2,25,26,27,28)/t15-,16-,20-,21+/m1/s1. The van der Waals surface area contributed by atoms with Crippen LogP contribution in [0.3, 0.4) is 0 Å². The summed E-state index contributed by atoms with van der Waals surface area (Å²) in [5.74, 6) is 1.92. The van der Waals surface area contributed by atoms with Gasteiger partial charge in [-0.3, -0.25) is 4.98 Å².